The summed E-state index contributed by atoms with van der Waals surface area (Å²) in [6, 6.07) is 9.30. The SMILES string of the molecule is COC(=O)c1cc(NCc2cccs2)ccc1N. The topological polar surface area (TPSA) is 64.3 Å². The fraction of sp³-hybridized carbons (Fsp3) is 0.154. The maximum atomic E-state index is 11.5. The summed E-state index contributed by atoms with van der Waals surface area (Å²) in [7, 11) is 1.34. The van der Waals surface area contributed by atoms with Gasteiger partial charge in [-0.3, -0.25) is 0 Å². The van der Waals surface area contributed by atoms with Crippen molar-refractivity contribution in [3.8, 4) is 0 Å². The van der Waals surface area contributed by atoms with Crippen molar-refractivity contribution in [2.75, 3.05) is 18.2 Å². The van der Waals surface area contributed by atoms with Gasteiger partial charge in [0, 0.05) is 22.8 Å². The van der Waals surface area contributed by atoms with Crippen molar-refractivity contribution in [1.29, 1.82) is 0 Å². The van der Waals surface area contributed by atoms with Gasteiger partial charge in [0.25, 0.3) is 0 Å². The first-order chi connectivity index (χ1) is 8.70. The summed E-state index contributed by atoms with van der Waals surface area (Å²) < 4.78 is 4.68. The van der Waals surface area contributed by atoms with E-state index in [0.29, 0.717) is 11.3 Å². The van der Waals surface area contributed by atoms with Crippen molar-refractivity contribution in [2.24, 2.45) is 0 Å². The number of anilines is 2. The Labute approximate surface area is 109 Å². The first-order valence-corrected chi connectivity index (χ1v) is 6.33. The number of rotatable bonds is 4. The third kappa shape index (κ3) is 2.81. The van der Waals surface area contributed by atoms with E-state index in [0.717, 1.165) is 12.2 Å². The lowest BCUT2D eigenvalue weighted by molar-refractivity contribution is 0.0602. The molecule has 0 bridgehead atoms. The first kappa shape index (κ1) is 12.4. The van der Waals surface area contributed by atoms with Crippen LogP contribution in [-0.2, 0) is 11.3 Å². The van der Waals surface area contributed by atoms with Gasteiger partial charge in [0.05, 0.1) is 12.7 Å². The number of benzene rings is 1. The van der Waals surface area contributed by atoms with Crippen molar-refractivity contribution in [2.45, 2.75) is 6.54 Å². The molecule has 0 saturated carbocycles. The standard InChI is InChI=1S/C13H14N2O2S/c1-17-13(16)11-7-9(4-5-12(11)14)15-8-10-3-2-6-18-10/h2-7,15H,8,14H2,1H3. The van der Waals surface area contributed by atoms with Crippen molar-refractivity contribution >= 4 is 28.7 Å². The Morgan fingerprint density at radius 1 is 1.44 bits per heavy atom. The van der Waals surface area contributed by atoms with Gasteiger partial charge in [-0.1, -0.05) is 6.07 Å². The van der Waals surface area contributed by atoms with E-state index in [1.807, 2.05) is 17.5 Å². The maximum Gasteiger partial charge on any atom is 0.340 e. The summed E-state index contributed by atoms with van der Waals surface area (Å²) in [6.45, 7) is 0.724. The van der Waals surface area contributed by atoms with E-state index < -0.39 is 5.97 Å². The summed E-state index contributed by atoms with van der Waals surface area (Å²) in [6.07, 6.45) is 0. The molecule has 5 heteroatoms. The first-order valence-electron chi connectivity index (χ1n) is 5.45. The third-order valence-corrected chi connectivity index (χ3v) is 3.38. The molecule has 2 aromatic rings. The molecule has 0 radical (unpaired) electrons. The molecule has 18 heavy (non-hydrogen) atoms. The van der Waals surface area contributed by atoms with Gasteiger partial charge in [-0.2, -0.15) is 0 Å². The minimum absolute atomic E-state index is 0.383. The number of methoxy groups -OCH3 is 1. The van der Waals surface area contributed by atoms with Crippen LogP contribution in [0.15, 0.2) is 35.7 Å². The lowest BCUT2D eigenvalue weighted by Gasteiger charge is -2.08. The number of carbonyl (C=O) groups excluding carboxylic acids is 1. The molecule has 1 aromatic heterocycles. The second kappa shape index (κ2) is 5.55. The lowest BCUT2D eigenvalue weighted by atomic mass is 10.1. The van der Waals surface area contributed by atoms with Crippen LogP contribution in [0.25, 0.3) is 0 Å². The van der Waals surface area contributed by atoms with E-state index in [2.05, 4.69) is 16.1 Å². The molecule has 0 aliphatic heterocycles. The molecule has 0 atom stereocenters. The highest BCUT2D eigenvalue weighted by Gasteiger charge is 2.10. The molecule has 0 aliphatic carbocycles. The van der Waals surface area contributed by atoms with E-state index in [9.17, 15) is 4.79 Å². The summed E-state index contributed by atoms with van der Waals surface area (Å²) in [4.78, 5) is 12.7. The summed E-state index contributed by atoms with van der Waals surface area (Å²) >= 11 is 1.68. The zero-order valence-electron chi connectivity index (χ0n) is 9.97. The fourth-order valence-electron chi connectivity index (χ4n) is 1.56. The number of hydrogen-bond acceptors (Lipinski definition) is 5. The van der Waals surface area contributed by atoms with E-state index in [4.69, 9.17) is 5.73 Å². The number of thiophene rings is 1. The predicted octanol–water partition coefficient (Wildman–Crippen LogP) is 2.73. The number of ether oxygens (including phenoxy) is 1. The Balaban J connectivity index is 2.12. The molecule has 4 nitrogen and oxygen atoms in total. The van der Waals surface area contributed by atoms with Gasteiger partial charge in [-0.05, 0) is 29.6 Å². The molecule has 0 amide bonds. The van der Waals surface area contributed by atoms with Crippen molar-refractivity contribution < 1.29 is 9.53 Å². The number of nitrogens with two attached hydrogens (primary N) is 1. The smallest absolute Gasteiger partial charge is 0.340 e. The largest absolute Gasteiger partial charge is 0.465 e. The Morgan fingerprint density at radius 3 is 2.94 bits per heavy atom. The lowest BCUT2D eigenvalue weighted by Crippen LogP contribution is -2.07. The molecular formula is C13H14N2O2S. The Morgan fingerprint density at radius 2 is 2.28 bits per heavy atom. The van der Waals surface area contributed by atoms with Crippen LogP contribution in [-0.4, -0.2) is 13.1 Å². The molecule has 3 N–H and O–H groups in total. The monoisotopic (exact) mass is 262 g/mol. The molecule has 0 unspecified atom stereocenters. The Kier molecular flexibility index (Phi) is 3.84. The number of nitrogen functional groups attached to an aromatic ring is 1. The van der Waals surface area contributed by atoms with E-state index >= 15 is 0 Å². The molecular weight excluding hydrogens is 248 g/mol. The van der Waals surface area contributed by atoms with Crippen molar-refractivity contribution in [3.05, 3.63) is 46.2 Å². The molecule has 1 aromatic carbocycles. The van der Waals surface area contributed by atoms with Gasteiger partial charge < -0.3 is 15.8 Å². The number of carbonyl (C=O) groups is 1. The Hall–Kier alpha value is -2.01. The molecule has 0 saturated heterocycles. The molecule has 94 valence electrons. The number of hydrogen-bond donors (Lipinski definition) is 2. The minimum atomic E-state index is -0.424. The zero-order valence-corrected chi connectivity index (χ0v) is 10.8. The second-order valence-electron chi connectivity index (χ2n) is 3.73. The van der Waals surface area contributed by atoms with Crippen LogP contribution in [0, 0.1) is 0 Å². The fourth-order valence-corrected chi connectivity index (χ4v) is 2.20. The zero-order chi connectivity index (χ0) is 13.0. The van der Waals surface area contributed by atoms with Crippen LogP contribution in [0.1, 0.15) is 15.2 Å². The summed E-state index contributed by atoms with van der Waals surface area (Å²) in [5.41, 5.74) is 7.38. The van der Waals surface area contributed by atoms with Crippen LogP contribution in [0.2, 0.25) is 0 Å². The molecule has 1 heterocycles. The molecule has 2 rings (SSSR count). The van der Waals surface area contributed by atoms with E-state index in [1.54, 1.807) is 23.5 Å². The normalized spacial score (nSPS) is 10.1. The van der Waals surface area contributed by atoms with Gasteiger partial charge >= 0.3 is 5.97 Å². The van der Waals surface area contributed by atoms with E-state index in [1.165, 1.54) is 12.0 Å². The van der Waals surface area contributed by atoms with Gasteiger partial charge in [0.2, 0.25) is 0 Å². The third-order valence-electron chi connectivity index (χ3n) is 2.51. The quantitative estimate of drug-likeness (QED) is 0.657. The van der Waals surface area contributed by atoms with Crippen molar-refractivity contribution in [1.82, 2.24) is 0 Å². The van der Waals surface area contributed by atoms with E-state index in [-0.39, 0.29) is 0 Å². The maximum absolute atomic E-state index is 11.5. The minimum Gasteiger partial charge on any atom is -0.465 e. The number of nitrogens with one attached hydrogen (secondary N) is 1. The highest BCUT2D eigenvalue weighted by molar-refractivity contribution is 7.09. The van der Waals surface area contributed by atoms with Crippen LogP contribution in [0.4, 0.5) is 11.4 Å². The average molecular weight is 262 g/mol. The molecule has 0 aliphatic rings. The van der Waals surface area contributed by atoms with Crippen molar-refractivity contribution in [3.63, 3.8) is 0 Å². The van der Waals surface area contributed by atoms with Crippen LogP contribution < -0.4 is 11.1 Å². The highest BCUT2D eigenvalue weighted by atomic mass is 32.1. The van der Waals surface area contributed by atoms with Gasteiger partial charge in [0.1, 0.15) is 0 Å². The summed E-state index contributed by atoms with van der Waals surface area (Å²) in [5.74, 6) is -0.424. The molecule has 0 fully saturated rings. The van der Waals surface area contributed by atoms with Gasteiger partial charge in [-0.15, -0.1) is 11.3 Å². The highest BCUT2D eigenvalue weighted by Crippen LogP contribution is 2.20. The molecule has 0 spiro atoms. The second-order valence-corrected chi connectivity index (χ2v) is 4.76. The average Bonchev–Trinajstić information content (AvgIpc) is 2.90. The van der Waals surface area contributed by atoms with Crippen LogP contribution in [0.3, 0.4) is 0 Å². The predicted molar refractivity (Wildman–Crippen MR) is 73.8 cm³/mol. The summed E-state index contributed by atoms with van der Waals surface area (Å²) in [5, 5.41) is 5.27. The van der Waals surface area contributed by atoms with Crippen LogP contribution in [0.5, 0.6) is 0 Å². The van der Waals surface area contributed by atoms with Gasteiger partial charge in [-0.25, -0.2) is 4.79 Å². The Bertz CT molecular complexity index is 538. The number of esters is 1. The van der Waals surface area contributed by atoms with Gasteiger partial charge in [0.15, 0.2) is 0 Å². The van der Waals surface area contributed by atoms with Crippen LogP contribution >= 0.6 is 11.3 Å².